The SMILES string of the molecule is Cc1cc(C(N)=O)cc(C)c1C[C@@H](CNC(=O)N[C@H](c1ccccc1)C1CC1)N(C)C. The number of carbonyl (C=O) groups excluding carboxylic acids is 2. The molecular weight excluding hydrogens is 388 g/mol. The molecule has 3 amide bonds. The molecule has 6 nitrogen and oxygen atoms in total. The number of amides is 3. The van der Waals surface area contributed by atoms with Gasteiger partial charge in [-0.15, -0.1) is 0 Å². The number of likely N-dealkylation sites (N-methyl/N-ethyl adjacent to an activating group) is 1. The molecule has 3 rings (SSSR count). The molecule has 2 aromatic carbocycles. The van der Waals surface area contributed by atoms with Crippen LogP contribution < -0.4 is 16.4 Å². The average molecular weight is 423 g/mol. The van der Waals surface area contributed by atoms with Gasteiger partial charge in [-0.25, -0.2) is 4.79 Å². The second-order valence-electron chi connectivity index (χ2n) is 8.85. The summed E-state index contributed by atoms with van der Waals surface area (Å²) >= 11 is 0. The van der Waals surface area contributed by atoms with Crippen molar-refractivity contribution in [1.82, 2.24) is 15.5 Å². The Hall–Kier alpha value is -2.86. The van der Waals surface area contributed by atoms with E-state index in [2.05, 4.69) is 27.7 Å². The zero-order chi connectivity index (χ0) is 22.5. The second kappa shape index (κ2) is 9.96. The Morgan fingerprint density at radius 2 is 1.71 bits per heavy atom. The maximum atomic E-state index is 12.7. The normalized spacial score (nSPS) is 15.4. The fourth-order valence-electron chi connectivity index (χ4n) is 4.10. The van der Waals surface area contributed by atoms with E-state index < -0.39 is 5.91 Å². The standard InChI is InChI=1S/C25H34N4O2/c1-16-12-20(24(26)30)13-17(2)22(16)14-21(29(3)4)15-27-25(31)28-23(19-10-11-19)18-8-6-5-7-9-18/h5-9,12-13,19,21,23H,10-11,14-15H2,1-4H3,(H2,26,30)(H2,27,28,31)/t21-,23+/m0/s1. The molecule has 1 fully saturated rings. The zero-order valence-electron chi connectivity index (χ0n) is 18.9. The Bertz CT molecular complexity index is 899. The molecule has 2 aromatic rings. The fraction of sp³-hybridized carbons (Fsp3) is 0.440. The van der Waals surface area contributed by atoms with E-state index in [1.165, 1.54) is 5.56 Å². The highest BCUT2D eigenvalue weighted by atomic mass is 16.2. The van der Waals surface area contributed by atoms with Crippen LogP contribution in [0.3, 0.4) is 0 Å². The predicted molar refractivity (Wildman–Crippen MR) is 124 cm³/mol. The van der Waals surface area contributed by atoms with Crippen LogP contribution in [0.4, 0.5) is 4.79 Å². The Kier molecular flexibility index (Phi) is 7.33. The van der Waals surface area contributed by atoms with E-state index in [1.54, 1.807) is 0 Å². The maximum Gasteiger partial charge on any atom is 0.315 e. The molecule has 0 unspecified atom stereocenters. The van der Waals surface area contributed by atoms with Crippen LogP contribution in [0.5, 0.6) is 0 Å². The Labute approximate surface area is 185 Å². The molecule has 0 heterocycles. The summed E-state index contributed by atoms with van der Waals surface area (Å²) in [4.78, 5) is 26.3. The molecule has 0 radical (unpaired) electrons. The average Bonchev–Trinajstić information content (AvgIpc) is 3.56. The number of hydrogen-bond donors (Lipinski definition) is 3. The van der Waals surface area contributed by atoms with Crippen molar-refractivity contribution in [3.05, 3.63) is 70.3 Å². The number of hydrogen-bond acceptors (Lipinski definition) is 3. The molecule has 1 saturated carbocycles. The second-order valence-corrected chi connectivity index (χ2v) is 8.85. The molecule has 0 aliphatic heterocycles. The van der Waals surface area contributed by atoms with Gasteiger partial charge in [0.2, 0.25) is 5.91 Å². The lowest BCUT2D eigenvalue weighted by molar-refractivity contribution is 0.1000. The van der Waals surface area contributed by atoms with Gasteiger partial charge in [0.15, 0.2) is 0 Å². The number of nitrogens with zero attached hydrogens (tertiary/aromatic N) is 1. The predicted octanol–water partition coefficient (Wildman–Crippen LogP) is 3.33. The first-order valence-corrected chi connectivity index (χ1v) is 10.9. The lowest BCUT2D eigenvalue weighted by atomic mass is 9.93. The quantitative estimate of drug-likeness (QED) is 0.579. The van der Waals surface area contributed by atoms with E-state index in [9.17, 15) is 9.59 Å². The Balaban J connectivity index is 1.63. The number of urea groups is 1. The van der Waals surface area contributed by atoms with Crippen LogP contribution in [-0.2, 0) is 6.42 Å². The van der Waals surface area contributed by atoms with Crippen LogP contribution in [-0.4, -0.2) is 43.5 Å². The summed E-state index contributed by atoms with van der Waals surface area (Å²) in [6, 6.07) is 13.9. The van der Waals surface area contributed by atoms with Gasteiger partial charge in [-0.05, 0) is 87.5 Å². The first-order valence-electron chi connectivity index (χ1n) is 10.9. The third-order valence-electron chi connectivity index (χ3n) is 6.19. The summed E-state index contributed by atoms with van der Waals surface area (Å²) in [5.41, 5.74) is 10.4. The van der Waals surface area contributed by atoms with E-state index in [4.69, 9.17) is 5.73 Å². The van der Waals surface area contributed by atoms with Crippen LogP contribution in [0.15, 0.2) is 42.5 Å². The van der Waals surface area contributed by atoms with Gasteiger partial charge in [-0.3, -0.25) is 4.79 Å². The monoisotopic (exact) mass is 422 g/mol. The fourth-order valence-corrected chi connectivity index (χ4v) is 4.10. The largest absolute Gasteiger partial charge is 0.366 e. The molecule has 6 heteroatoms. The van der Waals surface area contributed by atoms with Gasteiger partial charge in [0.25, 0.3) is 0 Å². The van der Waals surface area contributed by atoms with Crippen molar-refractivity contribution in [3.8, 4) is 0 Å². The van der Waals surface area contributed by atoms with Gasteiger partial charge in [-0.2, -0.15) is 0 Å². The van der Waals surface area contributed by atoms with Crippen LogP contribution in [0.1, 0.15) is 51.5 Å². The van der Waals surface area contributed by atoms with Crippen LogP contribution in [0, 0.1) is 19.8 Å². The van der Waals surface area contributed by atoms with Gasteiger partial charge >= 0.3 is 6.03 Å². The van der Waals surface area contributed by atoms with E-state index in [0.717, 1.165) is 36.0 Å². The minimum atomic E-state index is -0.413. The summed E-state index contributed by atoms with van der Waals surface area (Å²) < 4.78 is 0. The van der Waals surface area contributed by atoms with Gasteiger partial charge in [0.05, 0.1) is 6.04 Å². The third kappa shape index (κ3) is 6.07. The van der Waals surface area contributed by atoms with Gasteiger partial charge < -0.3 is 21.3 Å². The van der Waals surface area contributed by atoms with Gasteiger partial charge in [0.1, 0.15) is 0 Å². The van der Waals surface area contributed by atoms with Crippen LogP contribution >= 0.6 is 0 Å². The topological polar surface area (TPSA) is 87.5 Å². The smallest absolute Gasteiger partial charge is 0.315 e. The number of benzene rings is 2. The molecule has 0 aromatic heterocycles. The van der Waals surface area contributed by atoms with Crippen molar-refractivity contribution in [3.63, 3.8) is 0 Å². The Morgan fingerprint density at radius 3 is 2.23 bits per heavy atom. The van der Waals surface area contributed by atoms with Crippen molar-refractivity contribution < 1.29 is 9.59 Å². The molecule has 166 valence electrons. The number of carbonyl (C=O) groups is 2. The van der Waals surface area contributed by atoms with E-state index in [1.807, 2.05) is 58.3 Å². The molecule has 1 aliphatic rings. The lowest BCUT2D eigenvalue weighted by Gasteiger charge is -2.27. The van der Waals surface area contributed by atoms with E-state index in [-0.39, 0.29) is 18.1 Å². The summed E-state index contributed by atoms with van der Waals surface area (Å²) in [6.07, 6.45) is 3.08. The highest BCUT2D eigenvalue weighted by Gasteiger charge is 2.33. The summed E-state index contributed by atoms with van der Waals surface area (Å²) in [5.74, 6) is 0.107. The Morgan fingerprint density at radius 1 is 1.10 bits per heavy atom. The number of primary amides is 1. The number of rotatable bonds is 9. The first kappa shape index (κ1) is 22.8. The van der Waals surface area contributed by atoms with Crippen molar-refractivity contribution in [1.29, 1.82) is 0 Å². The van der Waals surface area contributed by atoms with Crippen LogP contribution in [0.2, 0.25) is 0 Å². The molecule has 2 atom stereocenters. The van der Waals surface area contributed by atoms with Gasteiger partial charge in [0, 0.05) is 18.2 Å². The lowest BCUT2D eigenvalue weighted by Crippen LogP contribution is -2.46. The first-order chi connectivity index (χ1) is 14.8. The molecule has 0 bridgehead atoms. The molecule has 0 saturated heterocycles. The summed E-state index contributed by atoms with van der Waals surface area (Å²) in [6.45, 7) is 4.53. The van der Waals surface area contributed by atoms with Crippen molar-refractivity contribution in [2.24, 2.45) is 11.7 Å². The van der Waals surface area contributed by atoms with Crippen molar-refractivity contribution in [2.45, 2.75) is 45.2 Å². The molecule has 4 N–H and O–H groups in total. The van der Waals surface area contributed by atoms with Gasteiger partial charge in [-0.1, -0.05) is 30.3 Å². The van der Waals surface area contributed by atoms with Crippen molar-refractivity contribution in [2.75, 3.05) is 20.6 Å². The number of nitrogens with one attached hydrogen (secondary N) is 2. The zero-order valence-corrected chi connectivity index (χ0v) is 18.9. The highest BCUT2D eigenvalue weighted by Crippen LogP contribution is 2.40. The third-order valence-corrected chi connectivity index (χ3v) is 6.19. The molecule has 31 heavy (non-hydrogen) atoms. The molecular formula is C25H34N4O2. The molecule has 0 spiro atoms. The minimum Gasteiger partial charge on any atom is -0.366 e. The minimum absolute atomic E-state index is 0.0600. The summed E-state index contributed by atoms with van der Waals surface area (Å²) in [5, 5.41) is 6.25. The highest BCUT2D eigenvalue weighted by molar-refractivity contribution is 5.93. The number of nitrogens with two attached hydrogens (primary N) is 1. The maximum absolute atomic E-state index is 12.7. The van der Waals surface area contributed by atoms with E-state index in [0.29, 0.717) is 18.0 Å². The van der Waals surface area contributed by atoms with Crippen molar-refractivity contribution >= 4 is 11.9 Å². The number of aryl methyl sites for hydroxylation is 2. The summed E-state index contributed by atoms with van der Waals surface area (Å²) in [7, 11) is 4.04. The molecule has 1 aliphatic carbocycles. The van der Waals surface area contributed by atoms with E-state index >= 15 is 0 Å². The van der Waals surface area contributed by atoms with Crippen LogP contribution in [0.25, 0.3) is 0 Å².